The van der Waals surface area contributed by atoms with Gasteiger partial charge >= 0.3 is 0 Å². The second-order valence-electron chi connectivity index (χ2n) is 7.26. The van der Waals surface area contributed by atoms with E-state index in [2.05, 4.69) is 66.3 Å². The van der Waals surface area contributed by atoms with Crippen LogP contribution in [0, 0.1) is 6.92 Å². The minimum Gasteiger partial charge on any atom is -0.359 e. The number of aromatic nitrogens is 1. The molecule has 0 spiro atoms. The fraction of sp³-hybridized carbons (Fsp3) is 0.550. The lowest BCUT2D eigenvalue weighted by Gasteiger charge is -2.35. The Bertz CT molecular complexity index is 633. The number of piperidine rings is 1. The monoisotopic (exact) mass is 327 g/mol. The SMILES string of the molecule is Cc1ccc(-c2cc(CN3CCCC[C@H]3CCN(C)C)on2)cc1. The average Bonchev–Trinajstić information content (AvgIpc) is 3.03. The molecule has 4 nitrogen and oxygen atoms in total. The van der Waals surface area contributed by atoms with Gasteiger partial charge in [0.15, 0.2) is 5.76 Å². The van der Waals surface area contributed by atoms with Gasteiger partial charge in [0.05, 0.1) is 6.54 Å². The predicted molar refractivity (Wildman–Crippen MR) is 97.9 cm³/mol. The van der Waals surface area contributed by atoms with E-state index in [1.165, 1.54) is 37.8 Å². The molecular weight excluding hydrogens is 298 g/mol. The van der Waals surface area contributed by atoms with Crippen molar-refractivity contribution < 1.29 is 4.52 Å². The third-order valence-electron chi connectivity index (χ3n) is 4.92. The van der Waals surface area contributed by atoms with Crippen molar-refractivity contribution in [1.29, 1.82) is 0 Å². The highest BCUT2D eigenvalue weighted by Gasteiger charge is 2.23. The average molecular weight is 327 g/mol. The second kappa shape index (κ2) is 7.95. The maximum Gasteiger partial charge on any atom is 0.151 e. The van der Waals surface area contributed by atoms with E-state index < -0.39 is 0 Å². The molecule has 2 heterocycles. The van der Waals surface area contributed by atoms with Crippen molar-refractivity contribution in [3.63, 3.8) is 0 Å². The number of hydrogen-bond acceptors (Lipinski definition) is 4. The Labute approximate surface area is 145 Å². The molecule has 1 atom stereocenters. The summed E-state index contributed by atoms with van der Waals surface area (Å²) in [4.78, 5) is 4.85. The third kappa shape index (κ3) is 4.46. The van der Waals surface area contributed by atoms with Gasteiger partial charge in [-0.05, 0) is 53.4 Å². The number of benzene rings is 1. The molecule has 0 bridgehead atoms. The summed E-state index contributed by atoms with van der Waals surface area (Å²) in [6.45, 7) is 5.28. The molecule has 1 aromatic carbocycles. The van der Waals surface area contributed by atoms with Crippen LogP contribution in [0.1, 0.15) is 37.0 Å². The maximum absolute atomic E-state index is 5.62. The Morgan fingerprint density at radius 3 is 2.75 bits per heavy atom. The normalized spacial score (nSPS) is 19.1. The lowest BCUT2D eigenvalue weighted by molar-refractivity contribution is 0.113. The number of hydrogen-bond donors (Lipinski definition) is 0. The Hall–Kier alpha value is -1.65. The maximum atomic E-state index is 5.62. The molecule has 0 saturated carbocycles. The predicted octanol–water partition coefficient (Wildman–Crippen LogP) is 3.96. The van der Waals surface area contributed by atoms with Crippen molar-refractivity contribution in [1.82, 2.24) is 15.0 Å². The highest BCUT2D eigenvalue weighted by Crippen LogP contribution is 2.24. The number of nitrogens with zero attached hydrogens (tertiary/aromatic N) is 3. The Kier molecular flexibility index (Phi) is 5.69. The summed E-state index contributed by atoms with van der Waals surface area (Å²) in [6.07, 6.45) is 5.16. The van der Waals surface area contributed by atoms with Crippen LogP contribution >= 0.6 is 0 Å². The zero-order valence-electron chi connectivity index (χ0n) is 15.2. The minimum absolute atomic E-state index is 0.661. The van der Waals surface area contributed by atoms with Gasteiger partial charge in [-0.3, -0.25) is 4.90 Å². The van der Waals surface area contributed by atoms with Gasteiger partial charge in [0.25, 0.3) is 0 Å². The van der Waals surface area contributed by atoms with E-state index in [4.69, 9.17) is 4.52 Å². The Morgan fingerprint density at radius 1 is 1.21 bits per heavy atom. The van der Waals surface area contributed by atoms with E-state index >= 15 is 0 Å². The summed E-state index contributed by atoms with van der Waals surface area (Å²) in [5.41, 5.74) is 3.32. The van der Waals surface area contributed by atoms with Gasteiger partial charge in [0.1, 0.15) is 5.69 Å². The van der Waals surface area contributed by atoms with Crippen LogP contribution in [-0.2, 0) is 6.54 Å². The van der Waals surface area contributed by atoms with Crippen LogP contribution in [0.2, 0.25) is 0 Å². The molecule has 0 unspecified atom stereocenters. The Balaban J connectivity index is 1.65. The number of likely N-dealkylation sites (tertiary alicyclic amines) is 1. The van der Waals surface area contributed by atoms with Gasteiger partial charge in [-0.15, -0.1) is 0 Å². The number of rotatable bonds is 6. The lowest BCUT2D eigenvalue weighted by atomic mass is 9.99. The van der Waals surface area contributed by atoms with E-state index in [1.54, 1.807) is 0 Å². The van der Waals surface area contributed by atoms with Crippen LogP contribution in [0.25, 0.3) is 11.3 Å². The minimum atomic E-state index is 0.661. The van der Waals surface area contributed by atoms with Crippen LogP contribution in [0.3, 0.4) is 0 Å². The zero-order chi connectivity index (χ0) is 16.9. The molecule has 1 fully saturated rings. The molecule has 0 radical (unpaired) electrons. The fourth-order valence-corrected chi connectivity index (χ4v) is 3.45. The van der Waals surface area contributed by atoms with Crippen molar-refractivity contribution in [3.8, 4) is 11.3 Å². The van der Waals surface area contributed by atoms with E-state index in [1.807, 2.05) is 0 Å². The van der Waals surface area contributed by atoms with E-state index in [-0.39, 0.29) is 0 Å². The quantitative estimate of drug-likeness (QED) is 0.804. The van der Waals surface area contributed by atoms with Crippen molar-refractivity contribution in [2.75, 3.05) is 27.2 Å². The van der Waals surface area contributed by atoms with E-state index in [9.17, 15) is 0 Å². The molecule has 130 valence electrons. The standard InChI is InChI=1S/C20H29N3O/c1-16-7-9-17(10-8-16)20-14-19(24-21-20)15-23-12-5-4-6-18(23)11-13-22(2)3/h7-10,14,18H,4-6,11-13,15H2,1-3H3/t18-/m0/s1. The fourth-order valence-electron chi connectivity index (χ4n) is 3.45. The van der Waals surface area contributed by atoms with Gasteiger partial charge in [-0.25, -0.2) is 0 Å². The zero-order valence-corrected chi connectivity index (χ0v) is 15.2. The molecular formula is C20H29N3O. The van der Waals surface area contributed by atoms with Gasteiger partial charge < -0.3 is 9.42 Å². The topological polar surface area (TPSA) is 32.5 Å². The van der Waals surface area contributed by atoms with Crippen LogP contribution in [0.5, 0.6) is 0 Å². The summed E-state index contributed by atoms with van der Waals surface area (Å²) >= 11 is 0. The van der Waals surface area contributed by atoms with E-state index in [0.717, 1.165) is 30.1 Å². The van der Waals surface area contributed by atoms with Crippen LogP contribution in [-0.4, -0.2) is 48.2 Å². The lowest BCUT2D eigenvalue weighted by Crippen LogP contribution is -2.40. The molecule has 1 aliphatic rings. The molecule has 3 rings (SSSR count). The highest BCUT2D eigenvalue weighted by atomic mass is 16.5. The van der Waals surface area contributed by atoms with Gasteiger partial charge in [0, 0.05) is 17.7 Å². The summed E-state index contributed by atoms with van der Waals surface area (Å²) in [7, 11) is 4.30. The van der Waals surface area contributed by atoms with Crippen molar-refractivity contribution in [3.05, 3.63) is 41.7 Å². The molecule has 2 aromatic rings. The molecule has 1 aromatic heterocycles. The first-order chi connectivity index (χ1) is 11.6. The summed E-state index contributed by atoms with van der Waals surface area (Å²) in [6, 6.07) is 11.2. The smallest absolute Gasteiger partial charge is 0.151 e. The molecule has 24 heavy (non-hydrogen) atoms. The molecule has 0 N–H and O–H groups in total. The molecule has 1 saturated heterocycles. The highest BCUT2D eigenvalue weighted by molar-refractivity contribution is 5.59. The second-order valence-corrected chi connectivity index (χ2v) is 7.26. The molecule has 0 aliphatic carbocycles. The van der Waals surface area contributed by atoms with Gasteiger partial charge in [-0.2, -0.15) is 0 Å². The Morgan fingerprint density at radius 2 is 2.00 bits per heavy atom. The first kappa shape index (κ1) is 17.2. The molecule has 4 heteroatoms. The van der Waals surface area contributed by atoms with Gasteiger partial charge in [-0.1, -0.05) is 41.4 Å². The molecule has 0 amide bonds. The summed E-state index contributed by atoms with van der Waals surface area (Å²) in [5, 5.41) is 4.27. The molecule has 1 aliphatic heterocycles. The van der Waals surface area contributed by atoms with Gasteiger partial charge in [0.2, 0.25) is 0 Å². The first-order valence-corrected chi connectivity index (χ1v) is 9.03. The first-order valence-electron chi connectivity index (χ1n) is 9.03. The van der Waals surface area contributed by atoms with Crippen molar-refractivity contribution >= 4 is 0 Å². The van der Waals surface area contributed by atoms with Crippen LogP contribution in [0.15, 0.2) is 34.9 Å². The summed E-state index contributed by atoms with van der Waals surface area (Å²) in [5.74, 6) is 0.974. The summed E-state index contributed by atoms with van der Waals surface area (Å²) < 4.78 is 5.62. The number of aryl methyl sites for hydroxylation is 1. The largest absolute Gasteiger partial charge is 0.359 e. The van der Waals surface area contributed by atoms with E-state index in [0.29, 0.717) is 6.04 Å². The van der Waals surface area contributed by atoms with Crippen molar-refractivity contribution in [2.45, 2.75) is 45.2 Å². The third-order valence-corrected chi connectivity index (χ3v) is 4.92. The van der Waals surface area contributed by atoms with Crippen LogP contribution < -0.4 is 0 Å². The van der Waals surface area contributed by atoms with Crippen molar-refractivity contribution in [2.24, 2.45) is 0 Å². The van der Waals surface area contributed by atoms with Crippen LogP contribution in [0.4, 0.5) is 0 Å².